The van der Waals surface area contributed by atoms with Crippen molar-refractivity contribution in [2.24, 2.45) is 5.92 Å². The van der Waals surface area contributed by atoms with Crippen molar-refractivity contribution in [3.8, 4) is 0 Å². The molecule has 1 N–H and O–H groups in total. The van der Waals surface area contributed by atoms with Gasteiger partial charge in [0.1, 0.15) is 0 Å². The average Bonchev–Trinajstić information content (AvgIpc) is 2.85. The van der Waals surface area contributed by atoms with Crippen LogP contribution in [0.2, 0.25) is 0 Å². The molecule has 16 heavy (non-hydrogen) atoms. The Balaban J connectivity index is 2.09. The first-order valence-corrected chi connectivity index (χ1v) is 6.18. The molecule has 0 aromatic carbocycles. The van der Waals surface area contributed by atoms with E-state index in [1.807, 2.05) is 6.07 Å². The molecule has 1 aliphatic rings. The predicted octanol–water partition coefficient (Wildman–Crippen LogP) is 1.95. The third-order valence-electron chi connectivity index (χ3n) is 2.84. The minimum absolute atomic E-state index is 0.125. The van der Waals surface area contributed by atoms with E-state index in [-0.39, 0.29) is 11.8 Å². The van der Waals surface area contributed by atoms with E-state index >= 15 is 0 Å². The van der Waals surface area contributed by atoms with E-state index in [2.05, 4.69) is 17.1 Å². The number of rotatable bonds is 4. The Bertz CT molecular complexity index is 377. The SMILES string of the molecule is CCCc1cc(N2CC(CCl)CC2=O)n[nH]1. The molecule has 5 heteroatoms. The number of H-pyrrole nitrogens is 1. The van der Waals surface area contributed by atoms with Gasteiger partial charge in [0.15, 0.2) is 5.82 Å². The molecule has 1 saturated heterocycles. The molecule has 0 spiro atoms. The van der Waals surface area contributed by atoms with Gasteiger partial charge in [-0.05, 0) is 12.3 Å². The third-order valence-corrected chi connectivity index (χ3v) is 3.27. The Labute approximate surface area is 100.0 Å². The van der Waals surface area contributed by atoms with Gasteiger partial charge in [-0.1, -0.05) is 13.3 Å². The van der Waals surface area contributed by atoms with Gasteiger partial charge in [-0.2, -0.15) is 5.10 Å². The van der Waals surface area contributed by atoms with Crippen LogP contribution < -0.4 is 4.90 Å². The summed E-state index contributed by atoms with van der Waals surface area (Å²) in [6.45, 7) is 2.81. The summed E-state index contributed by atoms with van der Waals surface area (Å²) in [4.78, 5) is 13.4. The standard InChI is InChI=1S/C11H16ClN3O/c1-2-3-9-5-10(14-13-9)15-7-8(6-12)4-11(15)16/h5,8H,2-4,6-7H2,1H3,(H,13,14). The second-order valence-electron chi connectivity index (χ2n) is 4.23. The summed E-state index contributed by atoms with van der Waals surface area (Å²) in [5.41, 5.74) is 1.08. The van der Waals surface area contributed by atoms with Gasteiger partial charge < -0.3 is 0 Å². The molecule has 1 aliphatic heterocycles. The summed E-state index contributed by atoms with van der Waals surface area (Å²) in [6.07, 6.45) is 2.58. The summed E-state index contributed by atoms with van der Waals surface area (Å²) >= 11 is 5.77. The van der Waals surface area contributed by atoms with Gasteiger partial charge in [0.2, 0.25) is 5.91 Å². The van der Waals surface area contributed by atoms with Crippen LogP contribution in [0.15, 0.2) is 6.07 Å². The molecule has 0 saturated carbocycles. The fourth-order valence-corrected chi connectivity index (χ4v) is 2.20. The minimum Gasteiger partial charge on any atom is -0.295 e. The Morgan fingerprint density at radius 1 is 1.69 bits per heavy atom. The van der Waals surface area contributed by atoms with E-state index in [9.17, 15) is 4.79 Å². The average molecular weight is 242 g/mol. The fraction of sp³-hybridized carbons (Fsp3) is 0.636. The number of halogens is 1. The lowest BCUT2D eigenvalue weighted by Crippen LogP contribution is -2.24. The van der Waals surface area contributed by atoms with E-state index in [1.165, 1.54) is 0 Å². The number of alkyl halides is 1. The van der Waals surface area contributed by atoms with Crippen LogP contribution in [0, 0.1) is 5.92 Å². The van der Waals surface area contributed by atoms with Gasteiger partial charge in [0.25, 0.3) is 0 Å². The molecule has 0 radical (unpaired) electrons. The molecule has 4 nitrogen and oxygen atoms in total. The van der Waals surface area contributed by atoms with Crippen molar-refractivity contribution >= 4 is 23.3 Å². The largest absolute Gasteiger partial charge is 0.295 e. The predicted molar refractivity (Wildman–Crippen MR) is 63.8 cm³/mol. The Morgan fingerprint density at radius 2 is 2.50 bits per heavy atom. The number of amides is 1. The first-order valence-electron chi connectivity index (χ1n) is 5.65. The van der Waals surface area contributed by atoms with Gasteiger partial charge in [-0.15, -0.1) is 11.6 Å². The number of hydrogen-bond acceptors (Lipinski definition) is 2. The van der Waals surface area contributed by atoms with E-state index in [1.54, 1.807) is 4.90 Å². The Morgan fingerprint density at radius 3 is 3.12 bits per heavy atom. The molecule has 1 atom stereocenters. The highest BCUT2D eigenvalue weighted by atomic mass is 35.5. The molecular formula is C11H16ClN3O. The number of aryl methyl sites for hydroxylation is 1. The zero-order valence-corrected chi connectivity index (χ0v) is 10.1. The summed E-state index contributed by atoms with van der Waals surface area (Å²) < 4.78 is 0. The summed E-state index contributed by atoms with van der Waals surface area (Å²) in [5.74, 6) is 1.66. The van der Waals surface area contributed by atoms with Crippen LogP contribution in [-0.4, -0.2) is 28.5 Å². The van der Waals surface area contributed by atoms with Crippen molar-refractivity contribution in [3.63, 3.8) is 0 Å². The highest BCUT2D eigenvalue weighted by Gasteiger charge is 2.31. The molecule has 0 bridgehead atoms. The van der Waals surface area contributed by atoms with E-state index in [0.717, 1.165) is 24.4 Å². The first kappa shape index (κ1) is 11.5. The van der Waals surface area contributed by atoms with Crippen LogP contribution >= 0.6 is 11.6 Å². The number of aromatic amines is 1. The van der Waals surface area contributed by atoms with Crippen molar-refractivity contribution in [1.82, 2.24) is 10.2 Å². The number of aromatic nitrogens is 2. The quantitative estimate of drug-likeness (QED) is 0.820. The highest BCUT2D eigenvalue weighted by Crippen LogP contribution is 2.24. The zero-order valence-electron chi connectivity index (χ0n) is 9.37. The Hall–Kier alpha value is -1.03. The molecular weight excluding hydrogens is 226 g/mol. The van der Waals surface area contributed by atoms with E-state index in [0.29, 0.717) is 18.8 Å². The lowest BCUT2D eigenvalue weighted by atomic mass is 10.1. The van der Waals surface area contributed by atoms with Gasteiger partial charge in [-0.25, -0.2) is 0 Å². The maximum absolute atomic E-state index is 11.7. The van der Waals surface area contributed by atoms with Crippen LogP contribution in [0.1, 0.15) is 25.5 Å². The van der Waals surface area contributed by atoms with Gasteiger partial charge in [-0.3, -0.25) is 14.8 Å². The summed E-state index contributed by atoms with van der Waals surface area (Å²) in [5, 5.41) is 7.13. The smallest absolute Gasteiger partial charge is 0.228 e. The topological polar surface area (TPSA) is 49.0 Å². The molecule has 2 rings (SSSR count). The number of nitrogens with one attached hydrogen (secondary N) is 1. The molecule has 1 fully saturated rings. The lowest BCUT2D eigenvalue weighted by Gasteiger charge is -2.11. The zero-order chi connectivity index (χ0) is 11.5. The van der Waals surface area contributed by atoms with Crippen molar-refractivity contribution < 1.29 is 4.79 Å². The van der Waals surface area contributed by atoms with Gasteiger partial charge in [0, 0.05) is 30.6 Å². The highest BCUT2D eigenvalue weighted by molar-refractivity contribution is 6.18. The second-order valence-corrected chi connectivity index (χ2v) is 4.54. The minimum atomic E-state index is 0.125. The normalized spacial score (nSPS) is 20.8. The Kier molecular flexibility index (Phi) is 3.49. The third kappa shape index (κ3) is 2.21. The molecule has 88 valence electrons. The second kappa shape index (κ2) is 4.87. The van der Waals surface area contributed by atoms with Crippen LogP contribution in [0.5, 0.6) is 0 Å². The molecule has 1 unspecified atom stereocenters. The number of anilines is 1. The number of nitrogens with zero attached hydrogens (tertiary/aromatic N) is 2. The summed E-state index contributed by atoms with van der Waals surface area (Å²) in [7, 11) is 0. The lowest BCUT2D eigenvalue weighted by molar-refractivity contribution is -0.117. The monoisotopic (exact) mass is 241 g/mol. The van der Waals surface area contributed by atoms with E-state index in [4.69, 9.17) is 11.6 Å². The molecule has 2 heterocycles. The van der Waals surface area contributed by atoms with Crippen LogP contribution in [0.25, 0.3) is 0 Å². The van der Waals surface area contributed by atoms with Gasteiger partial charge in [0.05, 0.1) is 0 Å². The first-order chi connectivity index (χ1) is 7.74. The maximum Gasteiger partial charge on any atom is 0.228 e. The summed E-state index contributed by atoms with van der Waals surface area (Å²) in [6, 6.07) is 1.96. The number of hydrogen-bond donors (Lipinski definition) is 1. The van der Waals surface area contributed by atoms with Crippen molar-refractivity contribution in [3.05, 3.63) is 11.8 Å². The number of carbonyl (C=O) groups excluding carboxylic acids is 1. The number of carbonyl (C=O) groups is 1. The van der Waals surface area contributed by atoms with Crippen LogP contribution in [-0.2, 0) is 11.2 Å². The fourth-order valence-electron chi connectivity index (χ4n) is 1.99. The molecule has 0 aliphatic carbocycles. The maximum atomic E-state index is 11.7. The van der Waals surface area contributed by atoms with Crippen molar-refractivity contribution in [1.29, 1.82) is 0 Å². The molecule has 1 amide bonds. The van der Waals surface area contributed by atoms with Crippen LogP contribution in [0.3, 0.4) is 0 Å². The van der Waals surface area contributed by atoms with E-state index < -0.39 is 0 Å². The van der Waals surface area contributed by atoms with Crippen molar-refractivity contribution in [2.45, 2.75) is 26.2 Å². The van der Waals surface area contributed by atoms with Crippen molar-refractivity contribution in [2.75, 3.05) is 17.3 Å². The van der Waals surface area contributed by atoms with Gasteiger partial charge >= 0.3 is 0 Å². The molecule has 1 aromatic rings. The van der Waals surface area contributed by atoms with Crippen LogP contribution in [0.4, 0.5) is 5.82 Å². The molecule has 1 aromatic heterocycles.